The highest BCUT2D eigenvalue weighted by Gasteiger charge is 2.35. The number of nitrogens with one attached hydrogen (secondary N) is 4. The highest BCUT2D eigenvalue weighted by molar-refractivity contribution is 6.25. The highest BCUT2D eigenvalue weighted by Crippen LogP contribution is 2.13. The third-order valence-electron chi connectivity index (χ3n) is 6.41. The molecule has 0 aromatic carbocycles. The van der Waals surface area contributed by atoms with Crippen LogP contribution >= 0.6 is 0 Å². The smallest absolute Gasteiger partial charge is 0.408 e. The molecule has 0 radical (unpaired) electrons. The molecule has 0 rings (SSSR count). The van der Waals surface area contributed by atoms with Gasteiger partial charge in [0, 0.05) is 12.8 Å². The van der Waals surface area contributed by atoms with Crippen LogP contribution in [0.4, 0.5) is 4.79 Å². The molecule has 0 fully saturated rings. The maximum Gasteiger partial charge on any atom is 0.408 e. The zero-order valence-corrected chi connectivity index (χ0v) is 26.7. The summed E-state index contributed by atoms with van der Waals surface area (Å²) < 4.78 is 9.97. The van der Waals surface area contributed by atoms with Gasteiger partial charge < -0.3 is 42.0 Å². The minimum atomic E-state index is -1.39. The molecule has 0 aliphatic rings. The Balaban J connectivity index is 6.15. The van der Waals surface area contributed by atoms with Gasteiger partial charge in [-0.05, 0) is 45.4 Å². The first-order chi connectivity index (χ1) is 20.4. The molecule has 0 spiro atoms. The summed E-state index contributed by atoms with van der Waals surface area (Å²) in [6, 6.07) is -4.91. The summed E-state index contributed by atoms with van der Waals surface area (Å²) in [5.74, 6) is -5.21. The molecule has 0 saturated heterocycles. The Labute approximate surface area is 257 Å². The second-order valence-electron chi connectivity index (χ2n) is 11.6. The van der Waals surface area contributed by atoms with E-state index in [9.17, 15) is 33.6 Å². The Morgan fingerprint density at radius 1 is 0.841 bits per heavy atom. The highest BCUT2D eigenvalue weighted by atomic mass is 16.6. The van der Waals surface area contributed by atoms with Crippen LogP contribution in [0.15, 0.2) is 0 Å². The number of nitrogens with two attached hydrogens (primary N) is 1. The molecule has 6 N–H and O–H groups in total. The Bertz CT molecular complexity index is 1100. The topological polar surface area (TPSA) is 248 Å². The molecule has 44 heavy (non-hydrogen) atoms. The fourth-order valence-electron chi connectivity index (χ4n) is 3.79. The molecule has 16 heteroatoms. The lowest BCUT2D eigenvalue weighted by Gasteiger charge is -2.29. The fraction of sp³-hybridized carbons (Fsp3) is 0.714. The first-order valence-electron chi connectivity index (χ1n) is 14.3. The lowest BCUT2D eigenvalue weighted by Crippen LogP contribution is -2.59. The molecule has 0 aliphatic carbocycles. The van der Waals surface area contributed by atoms with Crippen LogP contribution in [0, 0.1) is 11.8 Å². The van der Waals surface area contributed by atoms with Gasteiger partial charge in [0.25, 0.3) is 0 Å². The average Bonchev–Trinajstić information content (AvgIpc) is 2.92. The standard InChI is InChI=1S/C28H47N7O9/c1-9-16(4)22(25(40)34-21(15(2)3)26(41)43-8)35-24(39)18(12-13-20(29)37)32-23(38)19(11-10-17(36)14-31-30)33-27(42)44-28(5,6)7/h14-16,18-19,21-22H,9-13H2,1-8H3,(H2,29,37)(H,32,38)(H,33,42)(H,34,40)(H,35,39)/t16-,18-,19-,21-,22-/m0/s1. The van der Waals surface area contributed by atoms with Crippen molar-refractivity contribution in [3.05, 3.63) is 5.53 Å². The molecule has 16 nitrogen and oxygen atoms in total. The van der Waals surface area contributed by atoms with Crippen LogP contribution < -0.4 is 27.0 Å². The number of ketones is 1. The third-order valence-corrected chi connectivity index (χ3v) is 6.41. The number of carbonyl (C=O) groups excluding carboxylic acids is 7. The Morgan fingerprint density at radius 3 is 1.84 bits per heavy atom. The predicted octanol–water partition coefficient (Wildman–Crippen LogP) is 0.125. The van der Waals surface area contributed by atoms with Gasteiger partial charge in [0.1, 0.15) is 29.8 Å². The van der Waals surface area contributed by atoms with Gasteiger partial charge in [0.15, 0.2) is 0 Å². The molecule has 5 atom stereocenters. The Morgan fingerprint density at radius 2 is 1.36 bits per heavy atom. The molecule has 248 valence electrons. The van der Waals surface area contributed by atoms with Crippen molar-refractivity contribution in [2.24, 2.45) is 17.6 Å². The molecule has 0 aromatic rings. The van der Waals surface area contributed by atoms with Crippen LogP contribution in [0.5, 0.6) is 0 Å². The first-order valence-corrected chi connectivity index (χ1v) is 14.3. The van der Waals surface area contributed by atoms with Crippen molar-refractivity contribution in [3.8, 4) is 0 Å². The van der Waals surface area contributed by atoms with Crippen molar-refractivity contribution in [1.29, 1.82) is 0 Å². The second-order valence-corrected chi connectivity index (χ2v) is 11.6. The van der Waals surface area contributed by atoms with Crippen molar-refractivity contribution < 1.29 is 47.8 Å². The molecule has 0 aliphatic heterocycles. The van der Waals surface area contributed by atoms with E-state index in [1.54, 1.807) is 48.5 Å². The van der Waals surface area contributed by atoms with Crippen LogP contribution in [0.25, 0.3) is 5.53 Å². The van der Waals surface area contributed by atoms with E-state index in [-0.39, 0.29) is 31.6 Å². The predicted molar refractivity (Wildman–Crippen MR) is 158 cm³/mol. The zero-order chi connectivity index (χ0) is 34.2. The summed E-state index contributed by atoms with van der Waals surface area (Å²) in [5.41, 5.74) is 13.0. The lowest BCUT2D eigenvalue weighted by molar-refractivity contribution is -0.147. The van der Waals surface area contributed by atoms with Crippen LogP contribution in [-0.4, -0.2) is 89.4 Å². The number of carbonyl (C=O) groups is 7. The molecule has 0 aromatic heterocycles. The molecular weight excluding hydrogens is 578 g/mol. The van der Waals surface area contributed by atoms with Crippen molar-refractivity contribution in [2.75, 3.05) is 7.11 Å². The van der Waals surface area contributed by atoms with E-state index >= 15 is 0 Å². The summed E-state index contributed by atoms with van der Waals surface area (Å²) in [4.78, 5) is 90.7. The number of ether oxygens (including phenoxy) is 2. The number of esters is 1. The van der Waals surface area contributed by atoms with Crippen molar-refractivity contribution >= 4 is 47.7 Å². The molecule has 0 unspecified atom stereocenters. The van der Waals surface area contributed by atoms with Crippen LogP contribution in [0.2, 0.25) is 0 Å². The Kier molecular flexibility index (Phi) is 17.2. The molecule has 0 heterocycles. The number of Topliss-reactive ketones (excluding diaryl/α,β-unsaturated/α-hetero) is 1. The largest absolute Gasteiger partial charge is 0.467 e. The van der Waals surface area contributed by atoms with Crippen LogP contribution in [0.3, 0.4) is 0 Å². The normalized spacial score (nSPS) is 14.4. The molecule has 0 saturated carbocycles. The second kappa shape index (κ2) is 19.1. The number of nitrogens with zero attached hydrogens (tertiary/aromatic N) is 2. The van der Waals surface area contributed by atoms with Gasteiger partial charge in [0.05, 0.1) is 7.11 Å². The number of rotatable bonds is 18. The molecular formula is C28H47N7O9. The molecule has 5 amide bonds. The zero-order valence-electron chi connectivity index (χ0n) is 26.7. The van der Waals surface area contributed by atoms with Gasteiger partial charge in [-0.1, -0.05) is 34.1 Å². The summed E-state index contributed by atoms with van der Waals surface area (Å²) in [6.07, 6.45) is -1.03. The number of primary amides is 1. The van der Waals surface area contributed by atoms with E-state index in [2.05, 4.69) is 26.1 Å². The van der Waals surface area contributed by atoms with Gasteiger partial charge in [-0.2, -0.15) is 4.79 Å². The first kappa shape index (κ1) is 39.7. The van der Waals surface area contributed by atoms with Crippen molar-refractivity contribution in [2.45, 2.75) is 110 Å². The van der Waals surface area contributed by atoms with Crippen LogP contribution in [0.1, 0.15) is 80.6 Å². The number of hydrogen-bond acceptors (Lipinski definition) is 9. The minimum Gasteiger partial charge on any atom is -0.467 e. The van der Waals surface area contributed by atoms with E-state index in [0.29, 0.717) is 12.6 Å². The number of amides is 5. The quantitative estimate of drug-likeness (QED) is 0.0600. The summed E-state index contributed by atoms with van der Waals surface area (Å²) in [6.45, 7) is 11.7. The number of hydrogen-bond donors (Lipinski definition) is 5. The van der Waals surface area contributed by atoms with Crippen molar-refractivity contribution in [1.82, 2.24) is 21.3 Å². The van der Waals surface area contributed by atoms with Crippen molar-refractivity contribution in [3.63, 3.8) is 0 Å². The van der Waals surface area contributed by atoms with E-state index in [1.807, 2.05) is 0 Å². The van der Waals surface area contributed by atoms with E-state index in [1.165, 1.54) is 7.11 Å². The van der Waals surface area contributed by atoms with Gasteiger partial charge in [-0.15, -0.1) is 0 Å². The van der Waals surface area contributed by atoms with Gasteiger partial charge in [-0.3, -0.25) is 24.0 Å². The number of alkyl carbamates (subject to hydrolysis) is 1. The SMILES string of the molecule is CC[C@H](C)[C@H](NC(=O)[C@H](CCC(N)=O)NC(=O)[C@H](CCC(=O)C=[N+]=[N-])NC(=O)OC(C)(C)C)C(=O)N[C@H](C(=O)OC)C(C)C. The third kappa shape index (κ3) is 15.2. The van der Waals surface area contributed by atoms with Gasteiger partial charge in [0.2, 0.25) is 29.4 Å². The van der Waals surface area contributed by atoms with E-state index in [4.69, 9.17) is 20.7 Å². The summed E-state index contributed by atoms with van der Waals surface area (Å²) in [7, 11) is 1.19. The minimum absolute atomic E-state index is 0.256. The monoisotopic (exact) mass is 625 g/mol. The molecule has 0 bridgehead atoms. The lowest BCUT2D eigenvalue weighted by atomic mass is 9.96. The van der Waals surface area contributed by atoms with E-state index in [0.717, 1.165) is 0 Å². The van der Waals surface area contributed by atoms with Crippen LogP contribution in [-0.2, 0) is 38.2 Å². The fourth-order valence-corrected chi connectivity index (χ4v) is 3.79. The maximum atomic E-state index is 13.5. The maximum absolute atomic E-state index is 13.5. The Hall–Kier alpha value is -4.33. The summed E-state index contributed by atoms with van der Waals surface area (Å²) in [5, 5.41) is 10.0. The van der Waals surface area contributed by atoms with Gasteiger partial charge >= 0.3 is 18.3 Å². The summed E-state index contributed by atoms with van der Waals surface area (Å²) >= 11 is 0. The van der Waals surface area contributed by atoms with Gasteiger partial charge in [-0.25, -0.2) is 9.59 Å². The number of methoxy groups -OCH3 is 1. The average molecular weight is 626 g/mol. The van der Waals surface area contributed by atoms with E-state index < -0.39 is 77.2 Å².